The third kappa shape index (κ3) is 5.02. The molecule has 1 heterocycles. The number of likely N-dealkylation sites (tertiary alicyclic amines) is 1. The highest BCUT2D eigenvalue weighted by Crippen LogP contribution is 2.37. The minimum atomic E-state index is -0.854. The average Bonchev–Trinajstić information content (AvgIpc) is 3.09. The molecule has 0 bridgehead atoms. The Hall–Kier alpha value is -3.52. The SMILES string of the molecule is O=C(COC(=O)CN1C(=O)[C@@H]2CCCC[C@H]2C1=O)Nc1ccc(Cl)cc1C(=O)c1ccccc1. The number of esters is 1. The summed E-state index contributed by atoms with van der Waals surface area (Å²) in [6, 6.07) is 13.0. The molecule has 4 rings (SSSR count). The summed E-state index contributed by atoms with van der Waals surface area (Å²) in [5, 5.41) is 2.88. The Bertz CT molecular complexity index is 1130. The predicted octanol–water partition coefficient (Wildman–Crippen LogP) is 3.23. The number of anilines is 1. The van der Waals surface area contributed by atoms with E-state index in [0.29, 0.717) is 23.4 Å². The molecule has 176 valence electrons. The van der Waals surface area contributed by atoms with Crippen molar-refractivity contribution in [2.75, 3.05) is 18.5 Å². The maximum atomic E-state index is 12.9. The quantitative estimate of drug-likeness (QED) is 0.368. The Kier molecular flexibility index (Phi) is 7.07. The van der Waals surface area contributed by atoms with Gasteiger partial charge in [0, 0.05) is 16.1 Å². The van der Waals surface area contributed by atoms with Gasteiger partial charge in [0.25, 0.3) is 5.91 Å². The highest BCUT2D eigenvalue weighted by Gasteiger charge is 2.48. The van der Waals surface area contributed by atoms with Gasteiger partial charge in [-0.3, -0.25) is 28.9 Å². The van der Waals surface area contributed by atoms with Gasteiger partial charge in [0.15, 0.2) is 12.4 Å². The molecular weight excluding hydrogens is 460 g/mol. The number of benzene rings is 2. The van der Waals surface area contributed by atoms with Gasteiger partial charge in [-0.15, -0.1) is 0 Å². The van der Waals surface area contributed by atoms with E-state index in [1.165, 1.54) is 18.2 Å². The number of rotatable bonds is 7. The van der Waals surface area contributed by atoms with Crippen LogP contribution in [0, 0.1) is 11.8 Å². The number of hydrogen-bond donors (Lipinski definition) is 1. The van der Waals surface area contributed by atoms with Gasteiger partial charge in [0.05, 0.1) is 17.5 Å². The fraction of sp³-hybridized carbons (Fsp3) is 0.320. The lowest BCUT2D eigenvalue weighted by Gasteiger charge is -2.19. The fourth-order valence-electron chi connectivity index (χ4n) is 4.45. The molecule has 3 amide bonds. The first kappa shape index (κ1) is 23.6. The number of halogens is 1. The van der Waals surface area contributed by atoms with Gasteiger partial charge >= 0.3 is 5.97 Å². The third-order valence-corrected chi connectivity index (χ3v) is 6.36. The number of ketones is 1. The average molecular weight is 483 g/mol. The molecule has 1 saturated heterocycles. The van der Waals surface area contributed by atoms with Crippen molar-refractivity contribution in [3.8, 4) is 0 Å². The van der Waals surface area contributed by atoms with Gasteiger partial charge in [-0.25, -0.2) is 0 Å². The second-order valence-corrected chi connectivity index (χ2v) is 8.79. The second kappa shape index (κ2) is 10.2. The Labute approximate surface area is 201 Å². The molecule has 2 aromatic carbocycles. The van der Waals surface area contributed by atoms with Crippen molar-refractivity contribution in [2.45, 2.75) is 25.7 Å². The van der Waals surface area contributed by atoms with E-state index in [4.69, 9.17) is 16.3 Å². The first-order valence-electron chi connectivity index (χ1n) is 11.0. The molecule has 1 aliphatic heterocycles. The number of hydrogen-bond acceptors (Lipinski definition) is 6. The maximum Gasteiger partial charge on any atom is 0.326 e. The van der Waals surface area contributed by atoms with E-state index in [9.17, 15) is 24.0 Å². The van der Waals surface area contributed by atoms with E-state index in [-0.39, 0.29) is 40.7 Å². The summed E-state index contributed by atoms with van der Waals surface area (Å²) in [7, 11) is 0. The van der Waals surface area contributed by atoms with Gasteiger partial charge in [-0.05, 0) is 31.0 Å². The molecule has 1 saturated carbocycles. The number of carbonyl (C=O) groups excluding carboxylic acids is 5. The summed E-state index contributed by atoms with van der Waals surface area (Å²) in [6.45, 7) is -1.15. The number of amides is 3. The van der Waals surface area contributed by atoms with E-state index in [1.54, 1.807) is 30.3 Å². The summed E-state index contributed by atoms with van der Waals surface area (Å²) < 4.78 is 4.99. The largest absolute Gasteiger partial charge is 0.454 e. The smallest absolute Gasteiger partial charge is 0.326 e. The molecule has 9 heteroatoms. The van der Waals surface area contributed by atoms with E-state index < -0.39 is 25.0 Å². The number of nitrogens with one attached hydrogen (secondary N) is 1. The molecule has 2 aliphatic rings. The Balaban J connectivity index is 1.35. The first-order valence-corrected chi connectivity index (χ1v) is 11.4. The van der Waals surface area contributed by atoms with Crippen LogP contribution in [0.25, 0.3) is 0 Å². The highest BCUT2D eigenvalue weighted by molar-refractivity contribution is 6.31. The normalized spacial score (nSPS) is 19.5. The zero-order valence-electron chi connectivity index (χ0n) is 18.3. The lowest BCUT2D eigenvalue weighted by atomic mass is 9.81. The fourth-order valence-corrected chi connectivity index (χ4v) is 4.62. The molecule has 0 radical (unpaired) electrons. The van der Waals surface area contributed by atoms with Crippen LogP contribution in [-0.4, -0.2) is 47.5 Å². The minimum absolute atomic E-state index is 0.189. The van der Waals surface area contributed by atoms with Crippen LogP contribution in [0.15, 0.2) is 48.5 Å². The van der Waals surface area contributed by atoms with Crippen molar-refractivity contribution >= 4 is 46.8 Å². The Morgan fingerprint density at radius 2 is 1.62 bits per heavy atom. The molecule has 2 aromatic rings. The molecule has 0 spiro atoms. The van der Waals surface area contributed by atoms with Crippen LogP contribution in [0.5, 0.6) is 0 Å². The van der Waals surface area contributed by atoms with Crippen LogP contribution >= 0.6 is 11.6 Å². The molecule has 1 N–H and O–H groups in total. The van der Waals surface area contributed by atoms with E-state index in [1.807, 2.05) is 0 Å². The van der Waals surface area contributed by atoms with Crippen molar-refractivity contribution < 1.29 is 28.7 Å². The van der Waals surface area contributed by atoms with E-state index >= 15 is 0 Å². The molecule has 34 heavy (non-hydrogen) atoms. The maximum absolute atomic E-state index is 12.9. The zero-order chi connectivity index (χ0) is 24.2. The molecule has 8 nitrogen and oxygen atoms in total. The number of nitrogens with zero attached hydrogens (tertiary/aromatic N) is 1. The summed E-state index contributed by atoms with van der Waals surface area (Å²) in [5.41, 5.74) is 0.828. The van der Waals surface area contributed by atoms with Crippen LogP contribution in [-0.2, 0) is 23.9 Å². The van der Waals surface area contributed by atoms with Gasteiger partial charge in [0.1, 0.15) is 6.54 Å². The van der Waals surface area contributed by atoms with Gasteiger partial charge in [-0.1, -0.05) is 54.8 Å². The van der Waals surface area contributed by atoms with Gasteiger partial charge in [-0.2, -0.15) is 0 Å². The van der Waals surface area contributed by atoms with Crippen molar-refractivity contribution in [2.24, 2.45) is 11.8 Å². The Morgan fingerprint density at radius 1 is 0.971 bits per heavy atom. The van der Waals surface area contributed by atoms with E-state index in [2.05, 4.69) is 5.32 Å². The molecular formula is C25H23ClN2O6. The number of fused-ring (bicyclic) bond motifs is 1. The molecule has 0 aromatic heterocycles. The molecule has 2 atom stereocenters. The predicted molar refractivity (Wildman–Crippen MR) is 123 cm³/mol. The van der Waals surface area contributed by atoms with Crippen molar-refractivity contribution in [3.63, 3.8) is 0 Å². The summed E-state index contributed by atoms with van der Waals surface area (Å²) in [5.74, 6) is -3.27. The second-order valence-electron chi connectivity index (χ2n) is 8.35. The number of ether oxygens (including phenoxy) is 1. The van der Waals surface area contributed by atoms with Crippen molar-refractivity contribution in [1.29, 1.82) is 0 Å². The van der Waals surface area contributed by atoms with Crippen LogP contribution in [0.3, 0.4) is 0 Å². The van der Waals surface area contributed by atoms with Crippen LogP contribution < -0.4 is 5.32 Å². The van der Waals surface area contributed by atoms with Crippen molar-refractivity contribution in [1.82, 2.24) is 4.90 Å². The van der Waals surface area contributed by atoms with Crippen LogP contribution in [0.2, 0.25) is 5.02 Å². The van der Waals surface area contributed by atoms with Crippen LogP contribution in [0.4, 0.5) is 5.69 Å². The summed E-state index contributed by atoms with van der Waals surface area (Å²) >= 11 is 6.04. The number of carbonyl (C=O) groups is 5. The summed E-state index contributed by atoms with van der Waals surface area (Å²) in [6.07, 6.45) is 3.07. The van der Waals surface area contributed by atoms with Crippen molar-refractivity contribution in [3.05, 3.63) is 64.7 Å². The van der Waals surface area contributed by atoms with E-state index in [0.717, 1.165) is 17.7 Å². The van der Waals surface area contributed by atoms with Crippen LogP contribution in [0.1, 0.15) is 41.6 Å². The first-order chi connectivity index (χ1) is 16.3. The number of imide groups is 1. The monoisotopic (exact) mass is 482 g/mol. The van der Waals surface area contributed by atoms with Gasteiger partial charge < -0.3 is 10.1 Å². The third-order valence-electron chi connectivity index (χ3n) is 6.12. The highest BCUT2D eigenvalue weighted by atomic mass is 35.5. The minimum Gasteiger partial charge on any atom is -0.454 e. The zero-order valence-corrected chi connectivity index (χ0v) is 19.0. The standard InChI is InChI=1S/C25H23ClN2O6/c26-16-10-11-20(19(12-16)23(31)15-6-2-1-3-7-15)27-21(29)14-34-22(30)13-28-24(32)17-8-4-5-9-18(17)25(28)33/h1-3,6-7,10-12,17-18H,4-5,8-9,13-14H2,(H,27,29)/t17-,18-/m1/s1. The summed E-state index contributed by atoms with van der Waals surface area (Å²) in [4.78, 5) is 63.4. The Morgan fingerprint density at radius 3 is 2.26 bits per heavy atom. The topological polar surface area (TPSA) is 110 Å². The molecule has 1 aliphatic carbocycles. The molecule has 0 unspecified atom stereocenters. The van der Waals surface area contributed by atoms with Gasteiger partial charge in [0.2, 0.25) is 11.8 Å². The lowest BCUT2D eigenvalue weighted by molar-refractivity contribution is -0.154. The lowest BCUT2D eigenvalue weighted by Crippen LogP contribution is -2.37. The molecule has 2 fully saturated rings.